The van der Waals surface area contributed by atoms with Gasteiger partial charge in [0.25, 0.3) is 0 Å². The Morgan fingerprint density at radius 1 is 1.56 bits per heavy atom. The highest BCUT2D eigenvalue weighted by molar-refractivity contribution is 14.0. The number of nitrogens with zero attached hydrogens (tertiary/aromatic N) is 4. The Balaban J connectivity index is 0.00000162. The Hall–Kier alpha value is -0.790. The van der Waals surface area contributed by atoms with Gasteiger partial charge in [0, 0.05) is 25.5 Å². The summed E-state index contributed by atoms with van der Waals surface area (Å²) in [6.45, 7) is 5.83. The fraction of sp³-hybridized carbons (Fsp3) is 0.667. The van der Waals surface area contributed by atoms with E-state index in [2.05, 4.69) is 21.9 Å². The number of hydrogen-bond donors (Lipinski definition) is 1. The molecule has 2 rings (SSSR count). The van der Waals surface area contributed by atoms with Crippen molar-refractivity contribution >= 4 is 29.9 Å². The van der Waals surface area contributed by atoms with Gasteiger partial charge >= 0.3 is 0 Å². The van der Waals surface area contributed by atoms with Crippen molar-refractivity contribution in [2.45, 2.75) is 26.3 Å². The molecule has 1 aromatic heterocycles. The van der Waals surface area contributed by atoms with Crippen molar-refractivity contribution in [2.75, 3.05) is 19.6 Å². The number of piperidine rings is 1. The van der Waals surface area contributed by atoms with Crippen LogP contribution in [0, 0.1) is 5.92 Å². The number of hydrogen-bond acceptors (Lipinski definition) is 2. The average molecular weight is 363 g/mol. The molecular weight excluding hydrogens is 341 g/mol. The van der Waals surface area contributed by atoms with Crippen LogP contribution in [0.25, 0.3) is 0 Å². The third-order valence-corrected chi connectivity index (χ3v) is 3.14. The number of aromatic nitrogens is 2. The third kappa shape index (κ3) is 4.47. The standard InChI is InChI=1S/C12H21N5.HI/c1-11-4-2-7-16(10-11)12(13)14-6-9-17-8-3-5-15-17;/h3,5,8,11H,2,4,6-7,9-10H2,1H3,(H2,13,14);1H. The number of halogens is 1. The van der Waals surface area contributed by atoms with E-state index in [4.69, 9.17) is 5.73 Å². The first kappa shape index (κ1) is 15.3. The zero-order chi connectivity index (χ0) is 12.1. The molecule has 0 bridgehead atoms. The molecule has 0 saturated carbocycles. The largest absolute Gasteiger partial charge is 0.370 e. The first-order valence-corrected chi connectivity index (χ1v) is 6.28. The van der Waals surface area contributed by atoms with Crippen LogP contribution in [-0.2, 0) is 6.54 Å². The molecule has 0 radical (unpaired) electrons. The van der Waals surface area contributed by atoms with Gasteiger partial charge in [0.2, 0.25) is 0 Å². The molecule has 0 aliphatic carbocycles. The molecule has 1 aliphatic rings. The van der Waals surface area contributed by atoms with Gasteiger partial charge < -0.3 is 10.6 Å². The Labute approximate surface area is 125 Å². The minimum atomic E-state index is 0. The van der Waals surface area contributed by atoms with Gasteiger partial charge in [0.15, 0.2) is 5.96 Å². The summed E-state index contributed by atoms with van der Waals surface area (Å²) in [5.41, 5.74) is 6.00. The summed E-state index contributed by atoms with van der Waals surface area (Å²) in [4.78, 5) is 6.61. The van der Waals surface area contributed by atoms with Crippen LogP contribution in [0.4, 0.5) is 0 Å². The maximum Gasteiger partial charge on any atom is 0.191 e. The second-order valence-corrected chi connectivity index (χ2v) is 4.70. The van der Waals surface area contributed by atoms with E-state index in [-0.39, 0.29) is 24.0 Å². The van der Waals surface area contributed by atoms with Crippen LogP contribution >= 0.6 is 24.0 Å². The SMILES string of the molecule is CC1CCCN(C(N)=NCCn2cccn2)C1.I. The van der Waals surface area contributed by atoms with E-state index in [1.165, 1.54) is 12.8 Å². The number of aliphatic imine (C=N–C) groups is 1. The molecule has 1 atom stereocenters. The Morgan fingerprint density at radius 3 is 3.06 bits per heavy atom. The van der Waals surface area contributed by atoms with Crippen LogP contribution in [0.15, 0.2) is 23.5 Å². The molecule has 5 nitrogen and oxygen atoms in total. The van der Waals surface area contributed by atoms with Crippen molar-refractivity contribution in [3.8, 4) is 0 Å². The lowest BCUT2D eigenvalue weighted by molar-refractivity contribution is 0.270. The smallest absolute Gasteiger partial charge is 0.191 e. The van der Waals surface area contributed by atoms with Crippen molar-refractivity contribution in [1.82, 2.24) is 14.7 Å². The van der Waals surface area contributed by atoms with Gasteiger partial charge in [0.1, 0.15) is 0 Å². The molecule has 1 unspecified atom stereocenters. The lowest BCUT2D eigenvalue weighted by atomic mass is 10.0. The van der Waals surface area contributed by atoms with E-state index < -0.39 is 0 Å². The van der Waals surface area contributed by atoms with Crippen molar-refractivity contribution in [2.24, 2.45) is 16.6 Å². The Bertz CT molecular complexity index is 363. The highest BCUT2D eigenvalue weighted by Crippen LogP contribution is 2.14. The van der Waals surface area contributed by atoms with E-state index >= 15 is 0 Å². The molecule has 1 aliphatic heterocycles. The Morgan fingerprint density at radius 2 is 2.39 bits per heavy atom. The maximum atomic E-state index is 6.00. The van der Waals surface area contributed by atoms with Gasteiger partial charge in [-0.2, -0.15) is 5.10 Å². The fourth-order valence-electron chi connectivity index (χ4n) is 2.20. The summed E-state index contributed by atoms with van der Waals surface area (Å²) in [6, 6.07) is 1.92. The lowest BCUT2D eigenvalue weighted by Crippen LogP contribution is -2.43. The summed E-state index contributed by atoms with van der Waals surface area (Å²) >= 11 is 0. The van der Waals surface area contributed by atoms with Gasteiger partial charge in [0.05, 0.1) is 13.1 Å². The number of likely N-dealkylation sites (tertiary alicyclic amines) is 1. The minimum Gasteiger partial charge on any atom is -0.370 e. The number of guanidine groups is 1. The second kappa shape index (κ2) is 7.60. The van der Waals surface area contributed by atoms with Crippen LogP contribution in [0.3, 0.4) is 0 Å². The van der Waals surface area contributed by atoms with Crippen molar-refractivity contribution in [3.63, 3.8) is 0 Å². The van der Waals surface area contributed by atoms with Crippen molar-refractivity contribution in [3.05, 3.63) is 18.5 Å². The Kier molecular flexibility index (Phi) is 6.45. The van der Waals surface area contributed by atoms with Gasteiger partial charge in [-0.3, -0.25) is 9.67 Å². The monoisotopic (exact) mass is 363 g/mol. The number of nitrogens with two attached hydrogens (primary N) is 1. The molecule has 102 valence electrons. The normalized spacial score (nSPS) is 20.6. The fourth-order valence-corrected chi connectivity index (χ4v) is 2.20. The summed E-state index contributed by atoms with van der Waals surface area (Å²) in [5, 5.41) is 4.13. The molecule has 0 amide bonds. The van der Waals surface area contributed by atoms with Crippen LogP contribution in [-0.4, -0.2) is 40.3 Å². The zero-order valence-corrected chi connectivity index (χ0v) is 13.2. The van der Waals surface area contributed by atoms with Crippen LogP contribution in [0.5, 0.6) is 0 Å². The molecule has 18 heavy (non-hydrogen) atoms. The molecule has 6 heteroatoms. The summed E-state index contributed by atoms with van der Waals surface area (Å²) in [6.07, 6.45) is 6.24. The highest BCUT2D eigenvalue weighted by Gasteiger charge is 2.17. The van der Waals surface area contributed by atoms with E-state index in [0.29, 0.717) is 12.5 Å². The number of rotatable bonds is 3. The molecule has 2 N–H and O–H groups in total. The molecule has 0 spiro atoms. The average Bonchev–Trinajstić information content (AvgIpc) is 2.82. The van der Waals surface area contributed by atoms with Gasteiger partial charge in [-0.05, 0) is 24.8 Å². The predicted molar refractivity (Wildman–Crippen MR) is 84.1 cm³/mol. The highest BCUT2D eigenvalue weighted by atomic mass is 127. The van der Waals surface area contributed by atoms with Crippen LogP contribution < -0.4 is 5.73 Å². The molecule has 1 fully saturated rings. The third-order valence-electron chi connectivity index (χ3n) is 3.14. The predicted octanol–water partition coefficient (Wildman–Crippen LogP) is 1.55. The molecule has 1 saturated heterocycles. The van der Waals surface area contributed by atoms with E-state index in [1.807, 2.05) is 16.9 Å². The molecular formula is C12H22IN5. The molecule has 2 heterocycles. The van der Waals surface area contributed by atoms with Crippen LogP contribution in [0.1, 0.15) is 19.8 Å². The topological polar surface area (TPSA) is 59.4 Å². The first-order chi connectivity index (χ1) is 8.25. The first-order valence-electron chi connectivity index (χ1n) is 6.28. The van der Waals surface area contributed by atoms with Gasteiger partial charge in [-0.25, -0.2) is 0 Å². The van der Waals surface area contributed by atoms with E-state index in [9.17, 15) is 0 Å². The van der Waals surface area contributed by atoms with Crippen molar-refractivity contribution < 1.29 is 0 Å². The summed E-state index contributed by atoms with van der Waals surface area (Å²) in [7, 11) is 0. The maximum absolute atomic E-state index is 6.00. The summed E-state index contributed by atoms with van der Waals surface area (Å²) in [5.74, 6) is 1.41. The second-order valence-electron chi connectivity index (χ2n) is 4.70. The van der Waals surface area contributed by atoms with E-state index in [0.717, 1.165) is 25.6 Å². The zero-order valence-electron chi connectivity index (χ0n) is 10.8. The van der Waals surface area contributed by atoms with E-state index in [1.54, 1.807) is 6.20 Å². The molecule has 0 aromatic carbocycles. The van der Waals surface area contributed by atoms with Crippen LogP contribution in [0.2, 0.25) is 0 Å². The van der Waals surface area contributed by atoms with Gasteiger partial charge in [-0.1, -0.05) is 6.92 Å². The molecule has 1 aromatic rings. The van der Waals surface area contributed by atoms with Gasteiger partial charge in [-0.15, -0.1) is 24.0 Å². The minimum absolute atomic E-state index is 0. The lowest BCUT2D eigenvalue weighted by Gasteiger charge is -2.31. The quantitative estimate of drug-likeness (QED) is 0.504. The van der Waals surface area contributed by atoms with Crippen molar-refractivity contribution in [1.29, 1.82) is 0 Å². The summed E-state index contributed by atoms with van der Waals surface area (Å²) < 4.78 is 1.87.